The number of hydrogen-bond donors (Lipinski definition) is 1. The lowest BCUT2D eigenvalue weighted by Crippen LogP contribution is -2.09. The first-order valence-electron chi connectivity index (χ1n) is 6.31. The molecule has 0 aliphatic carbocycles. The monoisotopic (exact) mass is 290 g/mol. The van der Waals surface area contributed by atoms with Crippen molar-refractivity contribution in [3.63, 3.8) is 0 Å². The average molecular weight is 290 g/mol. The van der Waals surface area contributed by atoms with Gasteiger partial charge in [0.05, 0.1) is 10.5 Å². The molecule has 0 aliphatic rings. The van der Waals surface area contributed by atoms with Crippen molar-refractivity contribution in [3.8, 4) is 0 Å². The van der Waals surface area contributed by atoms with E-state index in [1.165, 1.54) is 0 Å². The zero-order valence-electron chi connectivity index (χ0n) is 11.3. The van der Waals surface area contributed by atoms with Crippen molar-refractivity contribution in [2.45, 2.75) is 32.9 Å². The first-order valence-corrected chi connectivity index (χ1v) is 6.31. The topological polar surface area (TPSA) is 55.2 Å². The number of hydrogen-bond acceptors (Lipinski definition) is 3. The van der Waals surface area contributed by atoms with Gasteiger partial charge in [0.2, 0.25) is 0 Å². The molecule has 0 saturated carbocycles. The number of nitrogens with one attached hydrogen (secondary N) is 1. The fraction of sp³-hybridized carbons (Fsp3) is 0.538. The highest BCUT2D eigenvalue weighted by Crippen LogP contribution is 2.34. The van der Waals surface area contributed by atoms with Crippen LogP contribution in [0.5, 0.6) is 0 Å². The molecule has 1 N–H and O–H groups in total. The van der Waals surface area contributed by atoms with E-state index in [4.69, 9.17) is 0 Å². The highest BCUT2D eigenvalue weighted by molar-refractivity contribution is 5.62. The van der Waals surface area contributed by atoms with Crippen LogP contribution in [0.1, 0.15) is 32.3 Å². The first-order chi connectivity index (χ1) is 9.21. The molecule has 20 heavy (non-hydrogen) atoms. The lowest BCUT2D eigenvalue weighted by atomic mass is 10.1. The maximum Gasteiger partial charge on any atom is 0.416 e. The third kappa shape index (κ3) is 4.71. The molecule has 0 fully saturated rings. The fourth-order valence-electron chi connectivity index (χ4n) is 1.74. The highest BCUT2D eigenvalue weighted by atomic mass is 19.4. The van der Waals surface area contributed by atoms with Crippen LogP contribution in [0.15, 0.2) is 18.2 Å². The number of rotatable bonds is 6. The van der Waals surface area contributed by atoms with Gasteiger partial charge in [-0.1, -0.05) is 13.8 Å². The molecule has 0 atom stereocenters. The largest absolute Gasteiger partial charge is 0.416 e. The van der Waals surface area contributed by atoms with Gasteiger partial charge in [-0.05, 0) is 30.9 Å². The van der Waals surface area contributed by atoms with Gasteiger partial charge < -0.3 is 5.32 Å². The third-order valence-corrected chi connectivity index (χ3v) is 2.80. The van der Waals surface area contributed by atoms with Crippen LogP contribution in [0, 0.1) is 16.0 Å². The van der Waals surface area contributed by atoms with E-state index in [2.05, 4.69) is 19.2 Å². The molecule has 0 bridgehead atoms. The Balaban J connectivity index is 2.83. The van der Waals surface area contributed by atoms with Crippen molar-refractivity contribution in [2.24, 2.45) is 5.92 Å². The van der Waals surface area contributed by atoms with Crippen LogP contribution < -0.4 is 5.32 Å². The molecule has 0 unspecified atom stereocenters. The van der Waals surface area contributed by atoms with Crippen molar-refractivity contribution < 1.29 is 18.1 Å². The predicted molar refractivity (Wildman–Crippen MR) is 70.7 cm³/mol. The number of benzene rings is 1. The number of anilines is 1. The van der Waals surface area contributed by atoms with Crippen molar-refractivity contribution in [1.82, 2.24) is 0 Å². The minimum absolute atomic E-state index is 0.117. The Kier molecular flexibility index (Phi) is 5.35. The van der Waals surface area contributed by atoms with Gasteiger partial charge in [0.25, 0.3) is 5.69 Å². The predicted octanol–water partition coefficient (Wildman–Crippen LogP) is 4.46. The van der Waals surface area contributed by atoms with Crippen LogP contribution in [-0.2, 0) is 6.18 Å². The molecule has 0 heterocycles. The minimum atomic E-state index is -4.58. The summed E-state index contributed by atoms with van der Waals surface area (Å²) in [6, 6.07) is 2.51. The molecule has 0 spiro atoms. The Morgan fingerprint density at radius 2 is 2.00 bits per heavy atom. The summed E-state index contributed by atoms with van der Waals surface area (Å²) >= 11 is 0. The number of nitro groups is 1. The van der Waals surface area contributed by atoms with E-state index in [9.17, 15) is 23.3 Å². The van der Waals surface area contributed by atoms with E-state index >= 15 is 0 Å². The van der Waals surface area contributed by atoms with Gasteiger partial charge >= 0.3 is 6.18 Å². The minimum Gasteiger partial charge on any atom is -0.379 e. The Morgan fingerprint density at radius 1 is 1.35 bits per heavy atom. The molecular weight excluding hydrogens is 273 g/mol. The van der Waals surface area contributed by atoms with Crippen molar-refractivity contribution in [2.75, 3.05) is 11.9 Å². The molecule has 0 aromatic heterocycles. The zero-order valence-corrected chi connectivity index (χ0v) is 11.3. The number of alkyl halides is 3. The number of nitro benzene ring substituents is 1. The molecule has 0 aliphatic heterocycles. The van der Waals surface area contributed by atoms with Gasteiger partial charge in [-0.2, -0.15) is 13.2 Å². The van der Waals surface area contributed by atoms with Crippen LogP contribution in [0.3, 0.4) is 0 Å². The van der Waals surface area contributed by atoms with Crippen molar-refractivity contribution in [3.05, 3.63) is 33.9 Å². The van der Waals surface area contributed by atoms with Crippen molar-refractivity contribution >= 4 is 11.4 Å². The van der Waals surface area contributed by atoms with Crippen LogP contribution in [0.2, 0.25) is 0 Å². The summed E-state index contributed by atoms with van der Waals surface area (Å²) in [6.07, 6.45) is -2.84. The fourth-order valence-corrected chi connectivity index (χ4v) is 1.74. The van der Waals surface area contributed by atoms with Crippen LogP contribution in [0.25, 0.3) is 0 Å². The standard InChI is InChI=1S/C13H17F3N2O2/c1-9(2)4-3-7-17-11-6-5-10(13(14,15)16)8-12(11)18(19)20/h5-6,8-9,17H,3-4,7H2,1-2H3. The summed E-state index contributed by atoms with van der Waals surface area (Å²) in [4.78, 5) is 10.0. The van der Waals surface area contributed by atoms with Gasteiger partial charge in [-0.3, -0.25) is 10.1 Å². The van der Waals surface area contributed by atoms with E-state index in [0.717, 1.165) is 25.0 Å². The van der Waals surface area contributed by atoms with Crippen LogP contribution >= 0.6 is 0 Å². The number of halogens is 3. The Labute approximate surface area is 115 Å². The highest BCUT2D eigenvalue weighted by Gasteiger charge is 2.32. The second-order valence-electron chi connectivity index (χ2n) is 4.95. The quantitative estimate of drug-likeness (QED) is 0.478. The summed E-state index contributed by atoms with van der Waals surface area (Å²) in [5.74, 6) is 0.513. The molecule has 4 nitrogen and oxygen atoms in total. The van der Waals surface area contributed by atoms with Gasteiger partial charge in [-0.15, -0.1) is 0 Å². The lowest BCUT2D eigenvalue weighted by molar-refractivity contribution is -0.384. The second kappa shape index (κ2) is 6.58. The summed E-state index contributed by atoms with van der Waals surface area (Å²) in [6.45, 7) is 4.60. The van der Waals surface area contributed by atoms with E-state index in [1.54, 1.807) is 0 Å². The first kappa shape index (κ1) is 16.3. The zero-order chi connectivity index (χ0) is 15.3. The molecule has 0 radical (unpaired) electrons. The van der Waals surface area contributed by atoms with Gasteiger partial charge in [0.1, 0.15) is 5.69 Å². The molecular formula is C13H17F3N2O2. The van der Waals surface area contributed by atoms with Crippen LogP contribution in [-0.4, -0.2) is 11.5 Å². The third-order valence-electron chi connectivity index (χ3n) is 2.80. The summed E-state index contributed by atoms with van der Waals surface area (Å²) in [7, 11) is 0. The summed E-state index contributed by atoms with van der Waals surface area (Å²) < 4.78 is 37.5. The second-order valence-corrected chi connectivity index (χ2v) is 4.95. The van der Waals surface area contributed by atoms with E-state index < -0.39 is 22.4 Å². The smallest absolute Gasteiger partial charge is 0.379 e. The molecule has 0 saturated heterocycles. The van der Waals surface area contributed by atoms with Crippen molar-refractivity contribution in [1.29, 1.82) is 0 Å². The van der Waals surface area contributed by atoms with E-state index in [-0.39, 0.29) is 5.69 Å². The number of nitrogens with zero attached hydrogens (tertiary/aromatic N) is 1. The molecule has 1 aromatic rings. The van der Waals surface area contributed by atoms with E-state index in [1.807, 2.05) is 0 Å². The molecule has 7 heteroatoms. The van der Waals surface area contributed by atoms with Crippen LogP contribution in [0.4, 0.5) is 24.5 Å². The molecule has 0 amide bonds. The Bertz CT molecular complexity index is 473. The van der Waals surface area contributed by atoms with E-state index in [0.29, 0.717) is 18.5 Å². The molecule has 1 rings (SSSR count). The molecule has 1 aromatic carbocycles. The maximum absolute atomic E-state index is 12.5. The van der Waals surface area contributed by atoms with Gasteiger partial charge in [0.15, 0.2) is 0 Å². The molecule has 112 valence electrons. The summed E-state index contributed by atoms with van der Waals surface area (Å²) in [5.41, 5.74) is -1.45. The SMILES string of the molecule is CC(C)CCCNc1ccc(C(F)(F)F)cc1[N+](=O)[O-]. The van der Waals surface area contributed by atoms with Gasteiger partial charge in [0, 0.05) is 12.6 Å². The lowest BCUT2D eigenvalue weighted by Gasteiger charge is -2.11. The average Bonchev–Trinajstić information content (AvgIpc) is 2.33. The normalized spacial score (nSPS) is 11.7. The van der Waals surface area contributed by atoms with Gasteiger partial charge in [-0.25, -0.2) is 0 Å². The maximum atomic E-state index is 12.5. The Morgan fingerprint density at radius 3 is 2.50 bits per heavy atom. The Hall–Kier alpha value is -1.79. The summed E-state index contributed by atoms with van der Waals surface area (Å²) in [5, 5.41) is 13.7.